The summed E-state index contributed by atoms with van der Waals surface area (Å²) in [7, 11) is -5.93. The van der Waals surface area contributed by atoms with Gasteiger partial charge in [-0.2, -0.15) is 0 Å². The molecule has 0 aliphatic rings. The largest absolute Gasteiger partial charge is 0.369 e. The van der Waals surface area contributed by atoms with Gasteiger partial charge in [-0.3, -0.25) is 0 Å². The maximum Gasteiger partial charge on any atom is 0.243 e. The molecule has 0 saturated carbocycles. The van der Waals surface area contributed by atoms with Crippen LogP contribution in [0.1, 0.15) is 0 Å². The summed E-state index contributed by atoms with van der Waals surface area (Å²) in [5.74, 6) is 0. The van der Waals surface area contributed by atoms with Gasteiger partial charge in [0, 0.05) is 0 Å². The van der Waals surface area contributed by atoms with Crippen molar-refractivity contribution in [1.82, 2.24) is 0 Å². The lowest BCUT2D eigenvalue weighted by molar-refractivity contribution is -0.155. The summed E-state index contributed by atoms with van der Waals surface area (Å²) in [5.41, 5.74) is 5.62. The van der Waals surface area contributed by atoms with E-state index in [2.05, 4.69) is 59.0 Å². The summed E-state index contributed by atoms with van der Waals surface area (Å²) in [4.78, 5) is 0. The molecule has 0 unspecified atom stereocenters. The third-order valence-electron chi connectivity index (χ3n) is 2.67. The van der Waals surface area contributed by atoms with Crippen LogP contribution < -0.4 is 0 Å². The summed E-state index contributed by atoms with van der Waals surface area (Å²) in [6.45, 7) is 23.2. The summed E-state index contributed by atoms with van der Waals surface area (Å²) in [6, 6.07) is 0. The highest BCUT2D eigenvalue weighted by Crippen LogP contribution is 2.20. The molecule has 0 rings (SSSR count). The third kappa shape index (κ3) is 7.81. The van der Waals surface area contributed by atoms with E-state index in [0.29, 0.717) is 0 Å². The van der Waals surface area contributed by atoms with Gasteiger partial charge in [-0.05, 0) is 39.3 Å². The Bertz CT molecular complexity index is 286. The summed E-state index contributed by atoms with van der Waals surface area (Å²) in [6.07, 6.45) is 0. The first-order chi connectivity index (χ1) is 8.47. The zero-order valence-electron chi connectivity index (χ0n) is 13.2. The molecule has 0 fully saturated rings. The van der Waals surface area contributed by atoms with E-state index in [1.807, 2.05) is 17.1 Å². The van der Waals surface area contributed by atoms with Crippen molar-refractivity contribution >= 4 is 25.0 Å². The minimum absolute atomic E-state index is 0.654. The summed E-state index contributed by atoms with van der Waals surface area (Å²) < 4.78 is 18.0. The monoisotopic (exact) mass is 316 g/mol. The van der Waals surface area contributed by atoms with Crippen LogP contribution >= 0.6 is 0 Å². The van der Waals surface area contributed by atoms with Crippen molar-refractivity contribution < 1.29 is 13.3 Å². The van der Waals surface area contributed by atoms with Crippen LogP contribution in [-0.4, -0.2) is 31.4 Å². The molecule has 0 N–H and O–H groups in total. The summed E-state index contributed by atoms with van der Waals surface area (Å²) in [5, 5.41) is 0. The van der Waals surface area contributed by atoms with Crippen LogP contribution in [0.3, 0.4) is 0 Å². The van der Waals surface area contributed by atoms with E-state index in [1.165, 1.54) is 0 Å². The fraction of sp³-hybridized carbons (Fsp3) is 0.538. The Hall–Kier alpha value is -0.249. The maximum atomic E-state index is 6.01. The van der Waals surface area contributed by atoms with Crippen LogP contribution in [0.25, 0.3) is 0 Å². The topological polar surface area (TPSA) is 27.7 Å². The van der Waals surface area contributed by atoms with Gasteiger partial charge >= 0.3 is 0 Å². The van der Waals surface area contributed by atoms with E-state index >= 15 is 0 Å². The standard InChI is InChI=1S/C13H28O3Si3/c1-10-17(4,5)14-13(15-18(6,7)11-2)16-19(8,9)12-3/h10-13H,1-3H2,4-9H3. The van der Waals surface area contributed by atoms with Crippen LogP contribution in [0.2, 0.25) is 39.3 Å². The minimum atomic E-state index is -1.98. The molecule has 0 spiro atoms. The van der Waals surface area contributed by atoms with Gasteiger partial charge < -0.3 is 13.3 Å². The molecular weight excluding hydrogens is 288 g/mol. The Morgan fingerprint density at radius 3 is 1.00 bits per heavy atom. The van der Waals surface area contributed by atoms with Crippen molar-refractivity contribution in [3.8, 4) is 0 Å². The molecule has 0 amide bonds. The molecule has 3 nitrogen and oxygen atoms in total. The smallest absolute Gasteiger partial charge is 0.243 e. The van der Waals surface area contributed by atoms with Crippen molar-refractivity contribution in [1.29, 1.82) is 0 Å². The van der Waals surface area contributed by atoms with Crippen LogP contribution in [0.4, 0.5) is 0 Å². The quantitative estimate of drug-likeness (QED) is 0.473. The lowest BCUT2D eigenvalue weighted by atomic mass is 11.3. The van der Waals surface area contributed by atoms with Gasteiger partial charge in [-0.25, -0.2) is 0 Å². The van der Waals surface area contributed by atoms with Crippen molar-refractivity contribution in [2.75, 3.05) is 0 Å². The van der Waals surface area contributed by atoms with Crippen molar-refractivity contribution in [3.05, 3.63) is 36.8 Å². The second-order valence-electron chi connectivity index (χ2n) is 6.06. The molecule has 0 bridgehead atoms. The maximum absolute atomic E-state index is 6.01. The SMILES string of the molecule is C=C[Si](C)(C)OC(O[Si](C)(C)C=C)O[Si](C)(C)C=C. The second-order valence-corrected chi connectivity index (χ2v) is 17.6. The molecule has 110 valence electrons. The zero-order chi connectivity index (χ0) is 15.3. The molecule has 0 heterocycles. The number of hydrogen-bond acceptors (Lipinski definition) is 3. The highest BCUT2D eigenvalue weighted by Gasteiger charge is 2.33. The minimum Gasteiger partial charge on any atom is -0.369 e. The molecule has 0 saturated heterocycles. The lowest BCUT2D eigenvalue weighted by Gasteiger charge is -2.35. The van der Waals surface area contributed by atoms with Gasteiger partial charge in [0.05, 0.1) is 0 Å². The molecule has 0 aromatic rings. The van der Waals surface area contributed by atoms with Crippen molar-refractivity contribution in [3.63, 3.8) is 0 Å². The van der Waals surface area contributed by atoms with E-state index in [9.17, 15) is 0 Å². The number of hydrogen-bond donors (Lipinski definition) is 0. The molecule has 0 aliphatic heterocycles. The molecule has 0 radical (unpaired) electrons. The van der Waals surface area contributed by atoms with Crippen LogP contribution in [0.5, 0.6) is 0 Å². The average Bonchev–Trinajstić information content (AvgIpc) is 2.27. The Morgan fingerprint density at radius 2 is 0.842 bits per heavy atom. The first kappa shape index (κ1) is 18.8. The van der Waals surface area contributed by atoms with Crippen molar-refractivity contribution in [2.24, 2.45) is 0 Å². The summed E-state index contributed by atoms with van der Waals surface area (Å²) >= 11 is 0. The fourth-order valence-corrected chi connectivity index (χ4v) is 3.31. The highest BCUT2D eigenvalue weighted by molar-refractivity contribution is 6.78. The van der Waals surface area contributed by atoms with Crippen LogP contribution in [0.15, 0.2) is 36.8 Å². The van der Waals surface area contributed by atoms with E-state index in [4.69, 9.17) is 13.3 Å². The van der Waals surface area contributed by atoms with Gasteiger partial charge in [0.1, 0.15) is 0 Å². The molecule has 0 aromatic carbocycles. The Labute approximate surface area is 121 Å². The van der Waals surface area contributed by atoms with Gasteiger partial charge in [-0.15, -0.1) is 19.7 Å². The Balaban J connectivity index is 4.99. The first-order valence-electron chi connectivity index (χ1n) is 6.41. The molecule has 6 heteroatoms. The Kier molecular flexibility index (Phi) is 6.87. The van der Waals surface area contributed by atoms with Crippen LogP contribution in [-0.2, 0) is 13.3 Å². The molecule has 0 atom stereocenters. The normalized spacial score (nSPS) is 13.4. The van der Waals surface area contributed by atoms with Gasteiger partial charge in [0.15, 0.2) is 0 Å². The first-order valence-corrected chi connectivity index (χ1v) is 15.4. The van der Waals surface area contributed by atoms with E-state index in [1.54, 1.807) is 0 Å². The number of rotatable bonds is 9. The van der Waals surface area contributed by atoms with E-state index in [-0.39, 0.29) is 0 Å². The zero-order valence-corrected chi connectivity index (χ0v) is 16.2. The predicted molar refractivity (Wildman–Crippen MR) is 90.1 cm³/mol. The Morgan fingerprint density at radius 1 is 0.632 bits per heavy atom. The second kappa shape index (κ2) is 6.96. The molecule has 0 aliphatic carbocycles. The van der Waals surface area contributed by atoms with E-state index in [0.717, 1.165) is 0 Å². The van der Waals surface area contributed by atoms with Crippen LogP contribution in [0, 0.1) is 0 Å². The highest BCUT2D eigenvalue weighted by atomic mass is 28.4. The molecule has 0 aromatic heterocycles. The van der Waals surface area contributed by atoms with Gasteiger partial charge in [-0.1, -0.05) is 17.1 Å². The van der Waals surface area contributed by atoms with E-state index < -0.39 is 31.4 Å². The predicted octanol–water partition coefficient (Wildman–Crippen LogP) is 4.11. The molecule has 19 heavy (non-hydrogen) atoms. The third-order valence-corrected chi connectivity index (χ3v) is 8.02. The van der Waals surface area contributed by atoms with Gasteiger partial charge in [0.2, 0.25) is 31.4 Å². The lowest BCUT2D eigenvalue weighted by Crippen LogP contribution is -2.47. The average molecular weight is 317 g/mol. The van der Waals surface area contributed by atoms with Gasteiger partial charge in [0.25, 0.3) is 0 Å². The fourth-order valence-electron chi connectivity index (χ4n) is 0.961. The van der Waals surface area contributed by atoms with Crippen molar-refractivity contribution in [2.45, 2.75) is 45.8 Å². The molecular formula is C13H28O3Si3.